The van der Waals surface area contributed by atoms with Crippen LogP contribution in [-0.4, -0.2) is 38.7 Å². The molecule has 2 N–H and O–H groups in total. The minimum Gasteiger partial charge on any atom is -0.497 e. The molecule has 0 heterocycles. The van der Waals surface area contributed by atoms with E-state index in [4.69, 9.17) is 19.9 Å². The second kappa shape index (κ2) is 10.2. The molecular formula is C19H21N3O4S. The zero-order valence-corrected chi connectivity index (χ0v) is 16.2. The summed E-state index contributed by atoms with van der Waals surface area (Å²) in [5, 5.41) is 8.26. The maximum atomic E-state index is 12.1. The summed E-state index contributed by atoms with van der Waals surface area (Å²) < 4.78 is 15.3. The summed E-state index contributed by atoms with van der Waals surface area (Å²) in [6.45, 7) is 0. The van der Waals surface area contributed by atoms with Gasteiger partial charge in [-0.2, -0.15) is 5.10 Å². The summed E-state index contributed by atoms with van der Waals surface area (Å²) >= 11 is 1.37. The first-order valence-corrected chi connectivity index (χ1v) is 8.95. The SMILES string of the molecule is COC(=O)c1cc(OC)cc(OC)c1C=NN=C(N)SCc1ccccc1. The van der Waals surface area contributed by atoms with Crippen molar-refractivity contribution in [1.82, 2.24) is 0 Å². The number of thioether (sulfide) groups is 1. The van der Waals surface area contributed by atoms with E-state index in [1.165, 1.54) is 39.3 Å². The first kappa shape index (κ1) is 20.3. The standard InChI is InChI=1S/C19H21N3O4S/c1-24-14-9-15(18(23)26-3)16(17(10-14)25-2)11-21-22-19(20)27-12-13-7-5-4-6-8-13/h4-11H,12H2,1-3H3,(H2,20,22). The topological polar surface area (TPSA) is 95.5 Å². The number of benzene rings is 2. The molecular weight excluding hydrogens is 366 g/mol. The lowest BCUT2D eigenvalue weighted by atomic mass is 10.1. The van der Waals surface area contributed by atoms with Crippen molar-refractivity contribution in [2.24, 2.45) is 15.9 Å². The molecule has 142 valence electrons. The Kier molecular flexibility index (Phi) is 7.69. The molecule has 27 heavy (non-hydrogen) atoms. The molecule has 0 unspecified atom stereocenters. The number of amidine groups is 1. The molecule has 8 heteroatoms. The number of rotatable bonds is 7. The van der Waals surface area contributed by atoms with E-state index in [1.54, 1.807) is 12.1 Å². The van der Waals surface area contributed by atoms with Crippen molar-refractivity contribution in [3.63, 3.8) is 0 Å². The minimum absolute atomic E-state index is 0.253. The maximum absolute atomic E-state index is 12.1. The molecule has 2 aromatic carbocycles. The normalized spacial score (nSPS) is 11.4. The van der Waals surface area contributed by atoms with Crippen molar-refractivity contribution in [3.05, 3.63) is 59.2 Å². The molecule has 0 bridgehead atoms. The smallest absolute Gasteiger partial charge is 0.338 e. The van der Waals surface area contributed by atoms with Gasteiger partial charge < -0.3 is 19.9 Å². The lowest BCUT2D eigenvalue weighted by Gasteiger charge is -2.11. The van der Waals surface area contributed by atoms with Gasteiger partial charge in [-0.3, -0.25) is 0 Å². The van der Waals surface area contributed by atoms with Gasteiger partial charge in [0.25, 0.3) is 0 Å². The summed E-state index contributed by atoms with van der Waals surface area (Å²) in [6.07, 6.45) is 1.40. The molecule has 0 saturated carbocycles. The van der Waals surface area contributed by atoms with Gasteiger partial charge in [0.2, 0.25) is 0 Å². The average Bonchev–Trinajstić information content (AvgIpc) is 2.72. The van der Waals surface area contributed by atoms with Gasteiger partial charge in [-0.05, 0) is 11.6 Å². The second-order valence-corrected chi connectivity index (χ2v) is 6.24. The van der Waals surface area contributed by atoms with Crippen LogP contribution in [0.15, 0.2) is 52.7 Å². The maximum Gasteiger partial charge on any atom is 0.338 e. The average molecular weight is 387 g/mol. The van der Waals surface area contributed by atoms with E-state index >= 15 is 0 Å². The third kappa shape index (κ3) is 5.75. The number of hydrogen-bond acceptors (Lipinski definition) is 7. The Morgan fingerprint density at radius 2 is 1.89 bits per heavy atom. The molecule has 0 radical (unpaired) electrons. The van der Waals surface area contributed by atoms with Crippen molar-refractivity contribution < 1.29 is 19.0 Å². The molecule has 0 aromatic heterocycles. The zero-order valence-electron chi connectivity index (χ0n) is 15.3. The summed E-state index contributed by atoms with van der Waals surface area (Å²) in [4.78, 5) is 12.1. The van der Waals surface area contributed by atoms with Gasteiger partial charge >= 0.3 is 5.97 Å². The van der Waals surface area contributed by atoms with Gasteiger partial charge in [0.15, 0.2) is 5.17 Å². The lowest BCUT2D eigenvalue weighted by Crippen LogP contribution is -2.08. The fourth-order valence-corrected chi connectivity index (χ4v) is 2.82. The van der Waals surface area contributed by atoms with E-state index in [1.807, 2.05) is 30.3 Å². The quantitative estimate of drug-likeness (QED) is 0.339. The highest BCUT2D eigenvalue weighted by atomic mass is 32.2. The molecule has 0 atom stereocenters. The van der Waals surface area contributed by atoms with Gasteiger partial charge in [-0.15, -0.1) is 5.10 Å². The Labute approximate surface area is 162 Å². The Bertz CT molecular complexity index is 838. The van der Waals surface area contributed by atoms with E-state index in [0.717, 1.165) is 5.56 Å². The molecule has 0 aliphatic rings. The van der Waals surface area contributed by atoms with Gasteiger partial charge in [0, 0.05) is 11.8 Å². The van der Waals surface area contributed by atoms with Crippen molar-refractivity contribution in [1.29, 1.82) is 0 Å². The van der Waals surface area contributed by atoms with E-state index in [-0.39, 0.29) is 5.56 Å². The first-order chi connectivity index (χ1) is 13.1. The van der Waals surface area contributed by atoms with E-state index in [0.29, 0.717) is 28.0 Å². The van der Waals surface area contributed by atoms with Crippen LogP contribution in [0.2, 0.25) is 0 Å². The third-order valence-corrected chi connectivity index (χ3v) is 4.40. The minimum atomic E-state index is -0.538. The number of ether oxygens (including phenoxy) is 3. The molecule has 0 aliphatic heterocycles. The second-order valence-electron chi connectivity index (χ2n) is 5.24. The Balaban J connectivity index is 2.20. The predicted molar refractivity (Wildman–Crippen MR) is 108 cm³/mol. The number of carbonyl (C=O) groups excluding carboxylic acids is 1. The van der Waals surface area contributed by atoms with Crippen LogP contribution in [0.3, 0.4) is 0 Å². The van der Waals surface area contributed by atoms with Crippen LogP contribution >= 0.6 is 11.8 Å². The largest absolute Gasteiger partial charge is 0.497 e. The van der Waals surface area contributed by atoms with Gasteiger partial charge in [0.1, 0.15) is 11.5 Å². The number of methoxy groups -OCH3 is 3. The van der Waals surface area contributed by atoms with Crippen molar-refractivity contribution in [2.75, 3.05) is 21.3 Å². The summed E-state index contributed by atoms with van der Waals surface area (Å²) in [7, 11) is 4.28. The highest BCUT2D eigenvalue weighted by molar-refractivity contribution is 8.13. The van der Waals surface area contributed by atoms with Crippen LogP contribution in [-0.2, 0) is 10.5 Å². The molecule has 2 rings (SSSR count). The molecule has 0 aliphatic carbocycles. The number of hydrogen-bond donors (Lipinski definition) is 1. The number of nitrogens with zero attached hydrogens (tertiary/aromatic N) is 2. The number of carbonyl (C=O) groups is 1. The van der Waals surface area contributed by atoms with Crippen LogP contribution in [0.4, 0.5) is 0 Å². The highest BCUT2D eigenvalue weighted by Gasteiger charge is 2.17. The molecule has 2 aromatic rings. The summed E-state index contributed by atoms with van der Waals surface area (Å²) in [5.74, 6) is 1.02. The van der Waals surface area contributed by atoms with Crippen LogP contribution < -0.4 is 15.2 Å². The zero-order chi connectivity index (χ0) is 19.6. The molecule has 0 spiro atoms. The fourth-order valence-electron chi connectivity index (χ4n) is 2.20. The lowest BCUT2D eigenvalue weighted by molar-refractivity contribution is 0.0599. The third-order valence-electron chi connectivity index (χ3n) is 3.55. The summed E-state index contributed by atoms with van der Waals surface area (Å²) in [6, 6.07) is 13.1. The van der Waals surface area contributed by atoms with Crippen LogP contribution in [0.5, 0.6) is 11.5 Å². The van der Waals surface area contributed by atoms with Crippen LogP contribution in [0.1, 0.15) is 21.5 Å². The van der Waals surface area contributed by atoms with Crippen molar-refractivity contribution in [2.45, 2.75) is 5.75 Å². The molecule has 0 saturated heterocycles. The number of nitrogens with two attached hydrogens (primary N) is 1. The van der Waals surface area contributed by atoms with E-state index in [2.05, 4.69) is 10.2 Å². The Morgan fingerprint density at radius 1 is 1.15 bits per heavy atom. The highest BCUT2D eigenvalue weighted by Crippen LogP contribution is 2.28. The first-order valence-electron chi connectivity index (χ1n) is 7.96. The monoisotopic (exact) mass is 387 g/mol. The number of esters is 1. The van der Waals surface area contributed by atoms with Crippen molar-refractivity contribution in [3.8, 4) is 11.5 Å². The molecule has 7 nitrogen and oxygen atoms in total. The van der Waals surface area contributed by atoms with Crippen molar-refractivity contribution >= 4 is 29.1 Å². The van der Waals surface area contributed by atoms with Gasteiger partial charge in [0.05, 0.1) is 38.7 Å². The van der Waals surface area contributed by atoms with Gasteiger partial charge in [-0.1, -0.05) is 42.1 Å². The van der Waals surface area contributed by atoms with Crippen LogP contribution in [0.25, 0.3) is 0 Å². The Morgan fingerprint density at radius 3 is 2.52 bits per heavy atom. The van der Waals surface area contributed by atoms with Gasteiger partial charge in [-0.25, -0.2) is 4.79 Å². The molecule has 0 amide bonds. The van der Waals surface area contributed by atoms with E-state index < -0.39 is 5.97 Å². The van der Waals surface area contributed by atoms with Crippen LogP contribution in [0, 0.1) is 0 Å². The fraction of sp³-hybridized carbons (Fsp3) is 0.211. The Hall–Kier alpha value is -3.00. The summed E-state index contributed by atoms with van der Waals surface area (Å²) in [5.41, 5.74) is 7.69. The van der Waals surface area contributed by atoms with E-state index in [9.17, 15) is 4.79 Å². The molecule has 0 fully saturated rings. The predicted octanol–water partition coefficient (Wildman–Crippen LogP) is 3.07.